The molecular formula is C33H32N2O4S. The molecule has 6 nitrogen and oxygen atoms in total. The molecule has 6 rings (SSSR count). The first-order chi connectivity index (χ1) is 18.9. The van der Waals surface area contributed by atoms with Crippen molar-refractivity contribution in [3.63, 3.8) is 0 Å². The minimum Gasteiger partial charge on any atom is -0.507 e. The molecule has 0 radical (unpaired) electrons. The zero-order valence-electron chi connectivity index (χ0n) is 23.5. The van der Waals surface area contributed by atoms with Crippen LogP contribution in [0.3, 0.4) is 0 Å². The van der Waals surface area contributed by atoms with Gasteiger partial charge in [0.15, 0.2) is 5.13 Å². The second-order valence-corrected chi connectivity index (χ2v) is 12.9. The first-order valence-electron chi connectivity index (χ1n) is 13.5. The van der Waals surface area contributed by atoms with E-state index in [1.54, 1.807) is 6.07 Å². The number of ether oxygens (including phenoxy) is 1. The third-order valence-electron chi connectivity index (χ3n) is 7.73. The van der Waals surface area contributed by atoms with Crippen molar-refractivity contribution in [2.75, 3.05) is 4.90 Å². The highest BCUT2D eigenvalue weighted by atomic mass is 32.1. The number of anilines is 1. The molecule has 2 unspecified atom stereocenters. The van der Waals surface area contributed by atoms with Crippen molar-refractivity contribution in [1.82, 2.24) is 4.98 Å². The number of hydrogen-bond donors (Lipinski definition) is 1. The number of aromatic nitrogens is 1. The number of rotatable bonds is 3. The Balaban J connectivity index is 1.54. The van der Waals surface area contributed by atoms with Crippen LogP contribution in [-0.2, 0) is 21.4 Å². The molecule has 1 N–H and O–H groups in total. The van der Waals surface area contributed by atoms with E-state index in [0.29, 0.717) is 17.1 Å². The Morgan fingerprint density at radius 3 is 2.48 bits per heavy atom. The van der Waals surface area contributed by atoms with Gasteiger partial charge in [-0.15, -0.1) is 0 Å². The van der Waals surface area contributed by atoms with Crippen molar-refractivity contribution in [3.8, 4) is 5.75 Å². The van der Waals surface area contributed by atoms with Gasteiger partial charge in [-0.2, -0.15) is 0 Å². The maximum Gasteiger partial charge on any atom is 0.301 e. The van der Waals surface area contributed by atoms with E-state index >= 15 is 0 Å². The van der Waals surface area contributed by atoms with Crippen LogP contribution in [0.1, 0.15) is 67.1 Å². The molecule has 1 amide bonds. The van der Waals surface area contributed by atoms with Gasteiger partial charge in [0.05, 0.1) is 21.8 Å². The molecule has 40 heavy (non-hydrogen) atoms. The number of nitrogens with zero attached hydrogens (tertiary/aromatic N) is 2. The van der Waals surface area contributed by atoms with Crippen LogP contribution >= 0.6 is 11.3 Å². The monoisotopic (exact) mass is 552 g/mol. The molecule has 1 aromatic heterocycles. The molecule has 0 spiro atoms. The highest BCUT2D eigenvalue weighted by Crippen LogP contribution is 2.45. The fraction of sp³-hybridized carbons (Fsp3) is 0.303. The highest BCUT2D eigenvalue weighted by molar-refractivity contribution is 7.22. The van der Waals surface area contributed by atoms with Crippen molar-refractivity contribution < 1.29 is 19.4 Å². The third-order valence-corrected chi connectivity index (χ3v) is 8.73. The number of aliphatic hydroxyl groups is 1. The molecule has 2 atom stereocenters. The maximum absolute atomic E-state index is 13.7. The van der Waals surface area contributed by atoms with E-state index in [1.807, 2.05) is 63.2 Å². The van der Waals surface area contributed by atoms with Crippen molar-refractivity contribution in [1.29, 1.82) is 0 Å². The van der Waals surface area contributed by atoms with E-state index in [-0.39, 0.29) is 22.9 Å². The van der Waals surface area contributed by atoms with Gasteiger partial charge in [-0.25, -0.2) is 4.98 Å². The number of aliphatic hydroxyl groups excluding tert-OH is 1. The van der Waals surface area contributed by atoms with Gasteiger partial charge in [-0.05, 0) is 78.3 Å². The molecule has 4 aromatic rings. The summed E-state index contributed by atoms with van der Waals surface area (Å²) in [6.45, 7) is 12.4. The van der Waals surface area contributed by atoms with E-state index in [0.717, 1.165) is 43.8 Å². The zero-order chi connectivity index (χ0) is 28.5. The van der Waals surface area contributed by atoms with Crippen molar-refractivity contribution in [3.05, 3.63) is 93.6 Å². The largest absolute Gasteiger partial charge is 0.507 e. The van der Waals surface area contributed by atoms with E-state index < -0.39 is 17.7 Å². The normalized spacial score (nSPS) is 20.3. The smallest absolute Gasteiger partial charge is 0.301 e. The fourth-order valence-electron chi connectivity index (χ4n) is 5.70. The predicted molar refractivity (Wildman–Crippen MR) is 159 cm³/mol. The summed E-state index contributed by atoms with van der Waals surface area (Å²) in [6.07, 6.45) is 0.762. The average molecular weight is 553 g/mol. The van der Waals surface area contributed by atoms with Gasteiger partial charge in [0, 0.05) is 12.0 Å². The summed E-state index contributed by atoms with van der Waals surface area (Å²) in [5.74, 6) is -0.835. The Bertz CT molecular complexity index is 1730. The number of thiazole rings is 1. The molecule has 2 aliphatic heterocycles. The maximum atomic E-state index is 13.7. The van der Waals surface area contributed by atoms with E-state index in [2.05, 4.69) is 26.8 Å². The molecule has 7 heteroatoms. The minimum atomic E-state index is -0.820. The molecule has 3 aromatic carbocycles. The lowest BCUT2D eigenvalue weighted by Gasteiger charge is -2.24. The van der Waals surface area contributed by atoms with Crippen LogP contribution in [0.15, 0.2) is 60.2 Å². The van der Waals surface area contributed by atoms with Gasteiger partial charge in [-0.3, -0.25) is 14.5 Å². The summed E-state index contributed by atoms with van der Waals surface area (Å²) in [5, 5.41) is 12.1. The first-order valence-corrected chi connectivity index (χ1v) is 14.3. The number of aryl methyl sites for hydroxylation is 2. The lowest BCUT2D eigenvalue weighted by Crippen LogP contribution is -2.29. The Labute approximate surface area is 237 Å². The molecule has 1 saturated heterocycles. The summed E-state index contributed by atoms with van der Waals surface area (Å²) < 4.78 is 6.77. The van der Waals surface area contributed by atoms with Crippen LogP contribution in [0, 0.1) is 13.8 Å². The molecule has 2 aliphatic rings. The second kappa shape index (κ2) is 9.30. The Kier molecular flexibility index (Phi) is 6.11. The first kappa shape index (κ1) is 26.3. The summed E-state index contributed by atoms with van der Waals surface area (Å²) in [5.41, 5.74) is 6.24. The van der Waals surface area contributed by atoms with Gasteiger partial charge in [0.25, 0.3) is 5.78 Å². The molecule has 0 saturated carbocycles. The average Bonchev–Trinajstić information content (AvgIpc) is 3.56. The van der Waals surface area contributed by atoms with E-state index in [1.165, 1.54) is 16.2 Å². The summed E-state index contributed by atoms with van der Waals surface area (Å²) >= 11 is 1.38. The fourth-order valence-corrected chi connectivity index (χ4v) is 6.87. The second-order valence-electron chi connectivity index (χ2n) is 11.9. The van der Waals surface area contributed by atoms with Crippen molar-refractivity contribution in [2.24, 2.45) is 0 Å². The van der Waals surface area contributed by atoms with Gasteiger partial charge in [0.2, 0.25) is 0 Å². The number of hydrogen-bond acceptors (Lipinski definition) is 6. The number of fused-ring (bicyclic) bond motifs is 2. The molecule has 204 valence electrons. The number of ketones is 1. The molecule has 0 aliphatic carbocycles. The van der Waals surface area contributed by atoms with E-state index in [9.17, 15) is 14.7 Å². The predicted octanol–water partition coefficient (Wildman–Crippen LogP) is 7.16. The number of carbonyl (C=O) groups excluding carboxylic acids is 2. The Morgan fingerprint density at radius 2 is 1.77 bits per heavy atom. The van der Waals surface area contributed by atoms with Crippen LogP contribution in [0.5, 0.6) is 5.75 Å². The Hall–Kier alpha value is -3.97. The highest BCUT2D eigenvalue weighted by Gasteiger charge is 2.48. The molecule has 3 heterocycles. The zero-order valence-corrected chi connectivity index (χ0v) is 24.3. The van der Waals surface area contributed by atoms with Crippen LogP contribution in [0.25, 0.3) is 16.0 Å². The number of carbonyl (C=O) groups is 2. The van der Waals surface area contributed by atoms with Crippen molar-refractivity contribution in [2.45, 2.75) is 65.5 Å². The Morgan fingerprint density at radius 1 is 1.05 bits per heavy atom. The topological polar surface area (TPSA) is 79.7 Å². The quantitative estimate of drug-likeness (QED) is 0.166. The summed E-state index contributed by atoms with van der Waals surface area (Å²) in [6, 6.07) is 16.6. The third kappa shape index (κ3) is 4.29. The van der Waals surface area contributed by atoms with Crippen molar-refractivity contribution >= 4 is 44.1 Å². The lowest BCUT2D eigenvalue weighted by molar-refractivity contribution is -0.132. The van der Waals surface area contributed by atoms with Crippen LogP contribution < -0.4 is 9.64 Å². The SMILES string of the molecule is Cc1cc(C)c2nc(N3C(=O)C(=O)C(=C(O)c4ccc5c(c4)CC(C)O5)C3c3ccc(C(C)(C)C)cc3)sc2c1. The molecule has 1 fully saturated rings. The van der Waals surface area contributed by atoms with Gasteiger partial charge in [-0.1, -0.05) is 62.4 Å². The number of benzene rings is 3. The summed E-state index contributed by atoms with van der Waals surface area (Å²) in [7, 11) is 0. The summed E-state index contributed by atoms with van der Waals surface area (Å²) in [4.78, 5) is 33.7. The number of amides is 1. The van der Waals surface area contributed by atoms with E-state index in [4.69, 9.17) is 9.72 Å². The lowest BCUT2D eigenvalue weighted by atomic mass is 9.85. The standard InChI is InChI=1S/C33H32N2O4S/c1-17-13-18(2)27-25(14-17)40-32(34-27)35-28(20-7-10-23(11-8-20)33(4,5)6)26(30(37)31(35)38)29(36)21-9-12-24-22(16-21)15-19(3)39-24/h7-14,16,19,28,36H,15H2,1-6H3. The van der Waals surface area contributed by atoms with Gasteiger partial charge < -0.3 is 9.84 Å². The van der Waals surface area contributed by atoms with Crippen LogP contribution in [0.4, 0.5) is 5.13 Å². The van der Waals surface area contributed by atoms with Crippen LogP contribution in [0.2, 0.25) is 0 Å². The minimum absolute atomic E-state index is 0.0467. The van der Waals surface area contributed by atoms with Crippen LogP contribution in [-0.4, -0.2) is 27.9 Å². The van der Waals surface area contributed by atoms with Gasteiger partial charge in [0.1, 0.15) is 17.6 Å². The molecular weight excluding hydrogens is 520 g/mol. The number of Topliss-reactive ketones (excluding diaryl/α,β-unsaturated/α-hetero) is 1. The molecule has 0 bridgehead atoms. The van der Waals surface area contributed by atoms with Gasteiger partial charge >= 0.3 is 5.91 Å².